The highest BCUT2D eigenvalue weighted by molar-refractivity contribution is 5.80. The second kappa shape index (κ2) is 6.23. The molecule has 1 atom stereocenters. The van der Waals surface area contributed by atoms with E-state index in [0.717, 1.165) is 32.1 Å². The minimum atomic E-state index is -0.948. The van der Waals surface area contributed by atoms with Gasteiger partial charge in [0.2, 0.25) is 0 Å². The van der Waals surface area contributed by atoms with Gasteiger partial charge in [0.15, 0.2) is 0 Å². The smallest absolute Gasteiger partial charge is 0.323 e. The SMILES string of the molecule is CN(C(=O)N(CC(=O)O)C1CCCC1)C1CCOC1. The van der Waals surface area contributed by atoms with E-state index in [4.69, 9.17) is 9.84 Å². The number of carbonyl (C=O) groups is 2. The molecule has 2 fully saturated rings. The first kappa shape index (κ1) is 14.1. The van der Waals surface area contributed by atoms with Crippen LogP contribution in [-0.4, -0.2) is 65.8 Å². The number of hydrogen-bond donors (Lipinski definition) is 1. The van der Waals surface area contributed by atoms with Crippen LogP contribution in [-0.2, 0) is 9.53 Å². The van der Waals surface area contributed by atoms with E-state index in [-0.39, 0.29) is 24.7 Å². The van der Waals surface area contributed by atoms with Crippen LogP contribution in [0.4, 0.5) is 4.79 Å². The Labute approximate surface area is 113 Å². The molecule has 1 N–H and O–H groups in total. The highest BCUT2D eigenvalue weighted by Crippen LogP contribution is 2.25. The van der Waals surface area contributed by atoms with Gasteiger partial charge in [0.25, 0.3) is 0 Å². The topological polar surface area (TPSA) is 70.1 Å². The van der Waals surface area contributed by atoms with Crippen LogP contribution in [0, 0.1) is 0 Å². The molecule has 1 aliphatic heterocycles. The summed E-state index contributed by atoms with van der Waals surface area (Å²) in [6, 6.07) is -0.0247. The van der Waals surface area contributed by atoms with E-state index in [1.54, 1.807) is 11.9 Å². The summed E-state index contributed by atoms with van der Waals surface area (Å²) in [5.74, 6) is -0.948. The number of likely N-dealkylation sites (N-methyl/N-ethyl adjacent to an activating group) is 1. The molecule has 0 aromatic carbocycles. The van der Waals surface area contributed by atoms with E-state index in [1.807, 2.05) is 0 Å². The molecule has 2 aliphatic rings. The summed E-state index contributed by atoms with van der Waals surface area (Å²) < 4.78 is 5.29. The van der Waals surface area contributed by atoms with Crippen molar-refractivity contribution in [2.45, 2.75) is 44.2 Å². The van der Waals surface area contributed by atoms with Crippen LogP contribution in [0.1, 0.15) is 32.1 Å². The van der Waals surface area contributed by atoms with Crippen LogP contribution in [0.25, 0.3) is 0 Å². The molecule has 6 nitrogen and oxygen atoms in total. The molecule has 1 saturated heterocycles. The van der Waals surface area contributed by atoms with Crippen molar-refractivity contribution in [2.75, 3.05) is 26.8 Å². The zero-order valence-electron chi connectivity index (χ0n) is 11.4. The number of carbonyl (C=O) groups excluding carboxylic acids is 1. The number of ether oxygens (including phenoxy) is 1. The molecule has 0 spiro atoms. The Morgan fingerprint density at radius 1 is 1.21 bits per heavy atom. The van der Waals surface area contributed by atoms with E-state index in [9.17, 15) is 9.59 Å². The number of rotatable bonds is 4. The minimum absolute atomic E-state index is 0.0743. The number of nitrogens with zero attached hydrogens (tertiary/aromatic N) is 2. The van der Waals surface area contributed by atoms with Crippen molar-refractivity contribution in [3.63, 3.8) is 0 Å². The molecule has 1 saturated carbocycles. The van der Waals surface area contributed by atoms with Crippen LogP contribution < -0.4 is 0 Å². The van der Waals surface area contributed by atoms with Crippen molar-refractivity contribution in [1.29, 1.82) is 0 Å². The third-order valence-electron chi connectivity index (χ3n) is 4.07. The van der Waals surface area contributed by atoms with E-state index in [2.05, 4.69) is 0 Å². The van der Waals surface area contributed by atoms with Crippen LogP contribution >= 0.6 is 0 Å². The average Bonchev–Trinajstić information content (AvgIpc) is 3.05. The summed E-state index contributed by atoms with van der Waals surface area (Å²) in [6.45, 7) is 1.01. The molecule has 0 radical (unpaired) electrons. The van der Waals surface area contributed by atoms with Gasteiger partial charge in [-0.05, 0) is 19.3 Å². The second-order valence-electron chi connectivity index (χ2n) is 5.37. The molecule has 1 heterocycles. The Morgan fingerprint density at radius 2 is 1.89 bits per heavy atom. The van der Waals surface area contributed by atoms with Gasteiger partial charge in [0.05, 0.1) is 12.6 Å². The van der Waals surface area contributed by atoms with Gasteiger partial charge in [0.1, 0.15) is 6.54 Å². The highest BCUT2D eigenvalue weighted by Gasteiger charge is 2.33. The van der Waals surface area contributed by atoms with Crippen LogP contribution in [0.5, 0.6) is 0 Å². The standard InChI is InChI=1S/C13H22N2O4/c1-14(11-6-7-19-9-11)13(18)15(8-12(16)17)10-4-2-3-5-10/h10-11H,2-9H2,1H3,(H,16,17). The summed E-state index contributed by atoms with van der Waals surface area (Å²) in [4.78, 5) is 26.6. The van der Waals surface area contributed by atoms with Gasteiger partial charge in [-0.15, -0.1) is 0 Å². The molecule has 19 heavy (non-hydrogen) atoms. The Morgan fingerprint density at radius 3 is 2.42 bits per heavy atom. The van der Waals surface area contributed by atoms with Crippen molar-refractivity contribution < 1.29 is 19.4 Å². The normalized spacial score (nSPS) is 23.5. The zero-order chi connectivity index (χ0) is 13.8. The van der Waals surface area contributed by atoms with Gasteiger partial charge in [-0.2, -0.15) is 0 Å². The van der Waals surface area contributed by atoms with Crippen LogP contribution in [0.3, 0.4) is 0 Å². The van der Waals surface area contributed by atoms with Crippen molar-refractivity contribution in [2.24, 2.45) is 0 Å². The van der Waals surface area contributed by atoms with Gasteiger partial charge in [0, 0.05) is 19.7 Å². The lowest BCUT2D eigenvalue weighted by Gasteiger charge is -2.34. The number of aliphatic carboxylic acids is 1. The number of carboxylic acids is 1. The summed E-state index contributed by atoms with van der Waals surface area (Å²) in [5.41, 5.74) is 0. The summed E-state index contributed by atoms with van der Waals surface area (Å²) in [6.07, 6.45) is 4.80. The van der Waals surface area contributed by atoms with Crippen LogP contribution in [0.15, 0.2) is 0 Å². The Bertz CT molecular complexity index is 336. The Balaban J connectivity index is 2.02. The monoisotopic (exact) mass is 270 g/mol. The molecular formula is C13H22N2O4. The molecule has 0 bridgehead atoms. The molecule has 0 aromatic rings. The van der Waals surface area contributed by atoms with Gasteiger partial charge in [-0.25, -0.2) is 4.79 Å². The molecule has 1 aliphatic carbocycles. The first-order chi connectivity index (χ1) is 9.09. The number of amides is 2. The molecule has 2 amide bonds. The maximum atomic E-state index is 12.5. The Hall–Kier alpha value is -1.30. The number of hydrogen-bond acceptors (Lipinski definition) is 3. The lowest BCUT2D eigenvalue weighted by atomic mass is 10.2. The lowest BCUT2D eigenvalue weighted by Crippen LogP contribution is -2.51. The zero-order valence-corrected chi connectivity index (χ0v) is 11.4. The fourth-order valence-corrected chi connectivity index (χ4v) is 2.90. The van der Waals surface area contributed by atoms with Crippen molar-refractivity contribution in [1.82, 2.24) is 9.80 Å². The fraction of sp³-hybridized carbons (Fsp3) is 0.846. The predicted octanol–water partition coefficient (Wildman–Crippen LogP) is 1.16. The van der Waals surface area contributed by atoms with Crippen molar-refractivity contribution in [3.8, 4) is 0 Å². The summed E-state index contributed by atoms with van der Waals surface area (Å²) >= 11 is 0. The highest BCUT2D eigenvalue weighted by atomic mass is 16.5. The number of carboxylic acid groups (broad SMARTS) is 1. The summed E-state index contributed by atoms with van der Waals surface area (Å²) in [5, 5.41) is 9.00. The van der Waals surface area contributed by atoms with E-state index in [1.165, 1.54) is 4.90 Å². The fourth-order valence-electron chi connectivity index (χ4n) is 2.90. The summed E-state index contributed by atoms with van der Waals surface area (Å²) in [7, 11) is 1.74. The number of urea groups is 1. The second-order valence-corrected chi connectivity index (χ2v) is 5.37. The van der Waals surface area contributed by atoms with Gasteiger partial charge < -0.3 is 19.6 Å². The van der Waals surface area contributed by atoms with E-state index < -0.39 is 5.97 Å². The first-order valence-electron chi connectivity index (χ1n) is 6.92. The van der Waals surface area contributed by atoms with Gasteiger partial charge in [-0.3, -0.25) is 4.79 Å². The molecular weight excluding hydrogens is 248 g/mol. The van der Waals surface area contributed by atoms with E-state index >= 15 is 0 Å². The lowest BCUT2D eigenvalue weighted by molar-refractivity contribution is -0.138. The van der Waals surface area contributed by atoms with Crippen LogP contribution in [0.2, 0.25) is 0 Å². The molecule has 0 aromatic heterocycles. The van der Waals surface area contributed by atoms with E-state index in [0.29, 0.717) is 13.2 Å². The molecule has 1 unspecified atom stereocenters. The van der Waals surface area contributed by atoms with Gasteiger partial charge in [-0.1, -0.05) is 12.8 Å². The largest absolute Gasteiger partial charge is 0.480 e. The van der Waals surface area contributed by atoms with Crippen molar-refractivity contribution in [3.05, 3.63) is 0 Å². The predicted molar refractivity (Wildman–Crippen MR) is 69.0 cm³/mol. The first-order valence-corrected chi connectivity index (χ1v) is 6.92. The minimum Gasteiger partial charge on any atom is -0.480 e. The average molecular weight is 270 g/mol. The quantitative estimate of drug-likeness (QED) is 0.832. The molecule has 108 valence electrons. The maximum absolute atomic E-state index is 12.5. The maximum Gasteiger partial charge on any atom is 0.323 e. The third kappa shape index (κ3) is 3.37. The molecule has 2 rings (SSSR count). The molecule has 6 heteroatoms. The van der Waals surface area contributed by atoms with Crippen molar-refractivity contribution >= 4 is 12.0 Å². The van der Waals surface area contributed by atoms with Gasteiger partial charge >= 0.3 is 12.0 Å². The third-order valence-corrected chi connectivity index (χ3v) is 4.07. The Kier molecular flexibility index (Phi) is 4.63.